The van der Waals surface area contributed by atoms with Gasteiger partial charge in [-0.25, -0.2) is 4.68 Å². The van der Waals surface area contributed by atoms with Gasteiger partial charge in [-0.3, -0.25) is 4.79 Å². The monoisotopic (exact) mass is 309 g/mol. The van der Waals surface area contributed by atoms with Gasteiger partial charge in [-0.15, -0.1) is 11.3 Å². The van der Waals surface area contributed by atoms with Crippen molar-refractivity contribution in [2.45, 2.75) is 32.4 Å². The number of nitrogens with zero attached hydrogens (tertiary/aromatic N) is 2. The predicted molar refractivity (Wildman–Crippen MR) is 82.6 cm³/mol. The van der Waals surface area contributed by atoms with E-state index in [0.717, 1.165) is 0 Å². The highest BCUT2D eigenvalue weighted by atomic mass is 35.5. The molecule has 2 heterocycles. The molecule has 0 radical (unpaired) electrons. The molecule has 1 aliphatic carbocycles. The number of halogens is 1. The lowest BCUT2D eigenvalue weighted by molar-refractivity contribution is 0.534. The smallest absolute Gasteiger partial charge is 0.291 e. The fourth-order valence-electron chi connectivity index (χ4n) is 2.10. The highest BCUT2D eigenvalue weighted by Crippen LogP contribution is 2.30. The van der Waals surface area contributed by atoms with E-state index in [4.69, 9.17) is 11.6 Å². The number of aromatic nitrogens is 2. The molecule has 3 rings (SSSR count). The van der Waals surface area contributed by atoms with Gasteiger partial charge >= 0.3 is 0 Å². The highest BCUT2D eigenvalue weighted by molar-refractivity contribution is 7.10. The molecule has 1 atom stereocenters. The van der Waals surface area contributed by atoms with Crippen LogP contribution in [0.15, 0.2) is 28.5 Å². The summed E-state index contributed by atoms with van der Waals surface area (Å²) in [5.74, 6) is 0.601. The van der Waals surface area contributed by atoms with Gasteiger partial charge in [0.25, 0.3) is 5.56 Å². The van der Waals surface area contributed by atoms with Gasteiger partial charge in [0.2, 0.25) is 0 Å². The summed E-state index contributed by atoms with van der Waals surface area (Å²) in [4.78, 5) is 13.6. The minimum Gasteiger partial charge on any atom is -0.372 e. The topological polar surface area (TPSA) is 46.9 Å². The molecule has 20 heavy (non-hydrogen) atoms. The van der Waals surface area contributed by atoms with Crippen LogP contribution in [0.3, 0.4) is 0 Å². The molecule has 1 fully saturated rings. The lowest BCUT2D eigenvalue weighted by Crippen LogP contribution is -2.27. The molecule has 4 nitrogen and oxygen atoms in total. The number of rotatable bonds is 5. The van der Waals surface area contributed by atoms with E-state index in [0.29, 0.717) is 23.2 Å². The lowest BCUT2D eigenvalue weighted by Gasteiger charge is -2.15. The Hall–Kier alpha value is -1.33. The van der Waals surface area contributed by atoms with E-state index < -0.39 is 0 Å². The molecule has 6 heteroatoms. The van der Waals surface area contributed by atoms with Crippen LogP contribution in [0.25, 0.3) is 0 Å². The van der Waals surface area contributed by atoms with Gasteiger partial charge in [0, 0.05) is 11.4 Å². The number of anilines is 1. The third-order valence-corrected chi connectivity index (χ3v) is 4.80. The molecule has 2 aromatic rings. The van der Waals surface area contributed by atoms with E-state index in [1.165, 1.54) is 22.4 Å². The van der Waals surface area contributed by atoms with Crippen LogP contribution >= 0.6 is 22.9 Å². The standard InChI is InChI=1S/C14H16ClN3OS/c1-9(12-3-2-6-20-12)17-13-11(15)7-16-18(14(13)19)8-10-4-5-10/h2-3,6-7,9-10,17H,4-5,8H2,1H3. The SMILES string of the molecule is CC(Nc1c(Cl)cnn(CC2CC2)c1=O)c1cccs1. The van der Waals surface area contributed by atoms with Crippen LogP contribution in [-0.4, -0.2) is 9.78 Å². The van der Waals surface area contributed by atoms with Crippen LogP contribution in [-0.2, 0) is 6.54 Å². The summed E-state index contributed by atoms with van der Waals surface area (Å²) in [6.45, 7) is 2.71. The van der Waals surface area contributed by atoms with Crippen molar-refractivity contribution in [1.82, 2.24) is 9.78 Å². The molecule has 0 saturated heterocycles. The molecular weight excluding hydrogens is 294 g/mol. The number of nitrogens with one attached hydrogen (secondary N) is 1. The van der Waals surface area contributed by atoms with Crippen LogP contribution in [0.5, 0.6) is 0 Å². The van der Waals surface area contributed by atoms with Gasteiger partial charge in [0.1, 0.15) is 5.69 Å². The van der Waals surface area contributed by atoms with Crippen LogP contribution < -0.4 is 10.9 Å². The third kappa shape index (κ3) is 2.88. The Morgan fingerprint density at radius 3 is 3.05 bits per heavy atom. The minimum atomic E-state index is -0.132. The maximum absolute atomic E-state index is 12.4. The average Bonchev–Trinajstić information content (AvgIpc) is 3.07. The first kappa shape index (κ1) is 13.6. The molecule has 106 valence electrons. The number of hydrogen-bond donors (Lipinski definition) is 1. The van der Waals surface area contributed by atoms with Crippen molar-refractivity contribution >= 4 is 28.6 Å². The third-order valence-electron chi connectivity index (χ3n) is 3.46. The molecule has 0 bridgehead atoms. The molecule has 0 aromatic carbocycles. The van der Waals surface area contributed by atoms with E-state index in [1.807, 2.05) is 24.4 Å². The maximum Gasteiger partial charge on any atom is 0.291 e. The molecule has 2 aromatic heterocycles. The van der Waals surface area contributed by atoms with E-state index in [1.54, 1.807) is 17.5 Å². The molecule has 1 aliphatic rings. The zero-order valence-electron chi connectivity index (χ0n) is 11.2. The maximum atomic E-state index is 12.4. The molecule has 0 amide bonds. The minimum absolute atomic E-state index is 0.0528. The predicted octanol–water partition coefficient (Wildman–Crippen LogP) is 3.54. The summed E-state index contributed by atoms with van der Waals surface area (Å²) >= 11 is 7.78. The van der Waals surface area contributed by atoms with Crippen molar-refractivity contribution in [3.63, 3.8) is 0 Å². The van der Waals surface area contributed by atoms with E-state index >= 15 is 0 Å². The normalized spacial score (nSPS) is 16.1. The second kappa shape index (κ2) is 5.58. The lowest BCUT2D eigenvalue weighted by atomic mass is 10.2. The molecular formula is C14H16ClN3OS. The van der Waals surface area contributed by atoms with Crippen molar-refractivity contribution in [3.05, 3.63) is 44.0 Å². The summed E-state index contributed by atoms with van der Waals surface area (Å²) in [6.07, 6.45) is 3.92. The van der Waals surface area contributed by atoms with Crippen LogP contribution in [0.1, 0.15) is 30.7 Å². The van der Waals surface area contributed by atoms with Crippen molar-refractivity contribution in [2.75, 3.05) is 5.32 Å². The van der Waals surface area contributed by atoms with E-state index in [9.17, 15) is 4.79 Å². The Morgan fingerprint density at radius 1 is 1.60 bits per heavy atom. The quantitative estimate of drug-likeness (QED) is 0.919. The first-order chi connectivity index (χ1) is 9.65. The molecule has 1 N–H and O–H groups in total. The van der Waals surface area contributed by atoms with Crippen molar-refractivity contribution < 1.29 is 0 Å². The summed E-state index contributed by atoms with van der Waals surface area (Å²) in [6, 6.07) is 4.09. The largest absolute Gasteiger partial charge is 0.372 e. The van der Waals surface area contributed by atoms with Gasteiger partial charge in [0.15, 0.2) is 0 Å². The van der Waals surface area contributed by atoms with Gasteiger partial charge < -0.3 is 5.32 Å². The van der Waals surface area contributed by atoms with Crippen LogP contribution in [0.4, 0.5) is 5.69 Å². The average molecular weight is 310 g/mol. The Labute approximate surface area is 126 Å². The first-order valence-corrected chi connectivity index (χ1v) is 7.96. The van der Waals surface area contributed by atoms with Crippen molar-refractivity contribution in [2.24, 2.45) is 5.92 Å². The fraction of sp³-hybridized carbons (Fsp3) is 0.429. The van der Waals surface area contributed by atoms with Crippen molar-refractivity contribution in [1.29, 1.82) is 0 Å². The summed E-state index contributed by atoms with van der Waals surface area (Å²) < 4.78 is 1.52. The zero-order valence-corrected chi connectivity index (χ0v) is 12.7. The van der Waals surface area contributed by atoms with E-state index in [-0.39, 0.29) is 11.6 Å². The first-order valence-electron chi connectivity index (χ1n) is 6.70. The fourth-order valence-corrected chi connectivity index (χ4v) is 3.01. The van der Waals surface area contributed by atoms with Crippen LogP contribution in [0, 0.1) is 5.92 Å². The van der Waals surface area contributed by atoms with Gasteiger partial charge in [0.05, 0.1) is 17.3 Å². The van der Waals surface area contributed by atoms with Gasteiger partial charge in [-0.1, -0.05) is 17.7 Å². The summed E-state index contributed by atoms with van der Waals surface area (Å²) in [7, 11) is 0. The zero-order chi connectivity index (χ0) is 14.1. The van der Waals surface area contributed by atoms with Gasteiger partial charge in [-0.05, 0) is 37.1 Å². The molecule has 0 aliphatic heterocycles. The highest BCUT2D eigenvalue weighted by Gasteiger charge is 2.24. The van der Waals surface area contributed by atoms with Gasteiger partial charge in [-0.2, -0.15) is 5.10 Å². The molecule has 0 spiro atoms. The van der Waals surface area contributed by atoms with E-state index in [2.05, 4.69) is 10.4 Å². The Bertz CT molecular complexity index is 649. The second-order valence-corrected chi connectivity index (χ2v) is 6.57. The molecule has 1 unspecified atom stereocenters. The summed E-state index contributed by atoms with van der Waals surface area (Å²) in [5.41, 5.74) is 0.316. The number of thiophene rings is 1. The Balaban J connectivity index is 1.85. The molecule has 1 saturated carbocycles. The Morgan fingerprint density at radius 2 is 2.40 bits per heavy atom. The van der Waals surface area contributed by atoms with Crippen LogP contribution in [0.2, 0.25) is 5.02 Å². The Kier molecular flexibility index (Phi) is 3.81. The van der Waals surface area contributed by atoms with Crippen molar-refractivity contribution in [3.8, 4) is 0 Å². The second-order valence-electron chi connectivity index (χ2n) is 5.18. The number of hydrogen-bond acceptors (Lipinski definition) is 4. The summed E-state index contributed by atoms with van der Waals surface area (Å²) in [5, 5.41) is 9.74.